The zero-order chi connectivity index (χ0) is 58.1. The molecule has 3 fully saturated rings. The van der Waals surface area contributed by atoms with E-state index in [0.29, 0.717) is 0 Å². The predicted molar refractivity (Wildman–Crippen MR) is 262 cm³/mol. The van der Waals surface area contributed by atoms with Crippen LogP contribution in [-0.2, 0) is 71.2 Å². The van der Waals surface area contributed by atoms with Gasteiger partial charge in [0.25, 0.3) is 16.7 Å². The van der Waals surface area contributed by atoms with Crippen LogP contribution < -0.4 is 37.4 Å². The highest BCUT2D eigenvalue weighted by Crippen LogP contribution is 2.68. The van der Waals surface area contributed by atoms with Crippen molar-refractivity contribution in [2.45, 2.75) is 73.5 Å². The average Bonchev–Trinajstić information content (AvgIpc) is 4.33. The Hall–Kier alpha value is -5.60. The number of fused-ring (bicyclic) bond motifs is 3. The number of H-pyrrole nitrogens is 2. The molecule has 80 heavy (non-hydrogen) atoms. The number of methoxy groups -OCH3 is 1. The summed E-state index contributed by atoms with van der Waals surface area (Å²) in [6.07, 6.45) is -12.3. The molecule has 6 aromatic heterocycles. The molecule has 5 unspecified atom stereocenters. The number of imidazole rings is 3. The summed E-state index contributed by atoms with van der Waals surface area (Å²) >= 11 is 0. The molecule has 39 nitrogen and oxygen atoms in total. The number of aromatic nitrogens is 12. The Labute approximate surface area is 446 Å². The number of hydrogen-bond donors (Lipinski definition) is 11. The first-order valence-corrected chi connectivity index (χ1v) is 29.4. The molecule has 1 amide bonds. The maximum absolute atomic E-state index is 14.4. The number of hydrogen-bond acceptors (Lipinski definition) is 29. The monoisotopic (exact) mass is 1210 g/mol. The molecule has 6 aromatic rings. The number of ether oxygens (including phenoxy) is 4. The zero-order valence-electron chi connectivity index (χ0n) is 42.1. The fraction of sp³-hybridized carbons (Fsp3) is 0.568. The van der Waals surface area contributed by atoms with Gasteiger partial charge in [0.1, 0.15) is 50.0 Å². The molecule has 0 radical (unpaired) electrons. The number of aromatic amines is 2. The molecule has 16 atom stereocenters. The summed E-state index contributed by atoms with van der Waals surface area (Å²) in [5, 5.41) is 36.3. The van der Waals surface area contributed by atoms with Crippen LogP contribution in [0.5, 0.6) is 0 Å². The van der Waals surface area contributed by atoms with Crippen molar-refractivity contribution in [2.24, 2.45) is 13.0 Å². The van der Waals surface area contributed by atoms with E-state index in [4.69, 9.17) is 44.0 Å². The summed E-state index contributed by atoms with van der Waals surface area (Å²) in [7, 11) is -16.9. The fourth-order valence-electron chi connectivity index (χ4n) is 9.36. The first-order valence-electron chi connectivity index (χ1n) is 23.3. The maximum Gasteiger partial charge on any atom is 0.490 e. The number of carbonyl (C=O) groups excluding carboxylic acids is 1. The third-order valence-electron chi connectivity index (χ3n) is 13.0. The number of nitrogens with one attached hydrogen (secondary N) is 3. The SMILES string of the molecule is CNc1ncnc2c1ncn2[C@@H]1O[C@H](COP(=O)(O)OP(=O)(O)OP(=O)(O)OC[C@H]2OC(n3c[n+](C)c4c(=O)[nH]c(N)nc43)[C@H](O)[C@@H]2CC(=O)N(C)C)[C@@H](P(=O)([O-])OC[C@H]2O[C@@H](n3cnc4c(=O)[nH]c(N)nc43)[C@H](O)[C@@H]2O)[C@H]1OC. The summed E-state index contributed by atoms with van der Waals surface area (Å²) in [4.78, 5) is 115. The van der Waals surface area contributed by atoms with Crippen molar-refractivity contribution in [1.29, 1.82) is 0 Å². The molecule has 3 saturated heterocycles. The summed E-state index contributed by atoms with van der Waals surface area (Å²) in [6, 6.07) is 0. The number of aliphatic hydroxyl groups excluding tert-OH is 3. The minimum atomic E-state index is -6.26. The van der Waals surface area contributed by atoms with E-state index < -0.39 is 147 Å². The highest BCUT2D eigenvalue weighted by Gasteiger charge is 2.55. The van der Waals surface area contributed by atoms with E-state index in [-0.39, 0.29) is 51.2 Å². The van der Waals surface area contributed by atoms with Crippen LogP contribution >= 0.6 is 31.1 Å². The van der Waals surface area contributed by atoms with Crippen LogP contribution in [0.3, 0.4) is 0 Å². The number of phosphoric ester groups is 2. The van der Waals surface area contributed by atoms with Crippen LogP contribution in [0.2, 0.25) is 0 Å². The van der Waals surface area contributed by atoms with Crippen molar-refractivity contribution in [3.05, 3.63) is 46.0 Å². The topological polar surface area (TPSA) is 542 Å². The molecule has 0 aromatic carbocycles. The van der Waals surface area contributed by atoms with Gasteiger partial charge >= 0.3 is 29.0 Å². The Morgan fingerprint density at radius 1 is 0.762 bits per heavy atom. The van der Waals surface area contributed by atoms with Gasteiger partial charge in [-0.2, -0.15) is 23.2 Å². The van der Waals surface area contributed by atoms with E-state index in [1.807, 2.05) is 0 Å². The van der Waals surface area contributed by atoms with Gasteiger partial charge in [-0.25, -0.2) is 38.2 Å². The highest BCUT2D eigenvalue weighted by molar-refractivity contribution is 7.66. The van der Waals surface area contributed by atoms with Crippen molar-refractivity contribution < 1.29 is 104 Å². The van der Waals surface area contributed by atoms with Gasteiger partial charge in [0, 0.05) is 40.6 Å². The lowest BCUT2D eigenvalue weighted by Crippen LogP contribution is -2.40. The standard InChI is InChI=1S/C37H52N16O23P4/c1-40-27-19-28(42-10-41-27)51(11-43-19)35-25(68-5)26(77(60,61)69-8-16-23(56)24(57)34(73-16)52-12-44-20-29(52)45-36(38)47-31(20)58)17(74-35)9-71-79(64,65)76-80(66,67)75-78(62,63)70-7-15-14(6-18(54)49(2)3)22(55)33(72-15)53-13-50(4)21-30(53)46-37(39)48-32(21)59/h10-17,22-26,33-35,55-57H,6-9H2,1-5H3,(H10-,38,39,40,41,42,45,46,47,48,58,59,60,61,62,63,64,65,66,67)/t14-,15-,16-,17-,22-,23-,24-,25-,26-,33?,34-,35-/m1/s1. The molecule has 0 spiro atoms. The van der Waals surface area contributed by atoms with Crippen molar-refractivity contribution in [3.63, 3.8) is 0 Å². The van der Waals surface area contributed by atoms with E-state index >= 15 is 0 Å². The molecule has 438 valence electrons. The normalized spacial score (nSPS) is 29.2. The second-order valence-corrected chi connectivity index (χ2v) is 24.9. The van der Waals surface area contributed by atoms with Gasteiger partial charge < -0.3 is 84.6 Å². The lowest BCUT2D eigenvalue weighted by molar-refractivity contribution is -0.646. The van der Waals surface area contributed by atoms with Gasteiger partial charge in [-0.05, 0) is 0 Å². The van der Waals surface area contributed by atoms with Crippen LogP contribution in [0.15, 0.2) is 34.9 Å². The molecule has 0 saturated carbocycles. The summed E-state index contributed by atoms with van der Waals surface area (Å²) < 4.78 is 106. The molecule has 9 heterocycles. The number of carbonyl (C=O) groups is 1. The Bertz CT molecular complexity index is 3650. The lowest BCUT2D eigenvalue weighted by Gasteiger charge is -2.35. The number of aliphatic hydroxyl groups is 3. The number of anilines is 3. The van der Waals surface area contributed by atoms with Crippen LogP contribution in [0.4, 0.5) is 17.7 Å². The predicted octanol–water partition coefficient (Wildman–Crippen LogP) is -4.08. The van der Waals surface area contributed by atoms with Gasteiger partial charge in [0.2, 0.25) is 30.4 Å². The molecule has 13 N–H and O–H groups in total. The lowest BCUT2D eigenvalue weighted by atomic mass is 9.94. The highest BCUT2D eigenvalue weighted by atomic mass is 31.3. The molecule has 3 aliphatic heterocycles. The van der Waals surface area contributed by atoms with Crippen LogP contribution in [-0.4, -0.2) is 191 Å². The molecule has 9 rings (SSSR count). The molecule has 3 aliphatic rings. The van der Waals surface area contributed by atoms with Gasteiger partial charge in [-0.3, -0.25) is 42.5 Å². The summed E-state index contributed by atoms with van der Waals surface area (Å²) in [6.45, 7) is -3.43. The van der Waals surface area contributed by atoms with Crippen molar-refractivity contribution in [3.8, 4) is 0 Å². The molecular weight excluding hydrogens is 1160 g/mol. The molecule has 0 aliphatic carbocycles. The van der Waals surface area contributed by atoms with Crippen molar-refractivity contribution >= 4 is 88.2 Å². The Kier molecular flexibility index (Phi) is 16.4. The van der Waals surface area contributed by atoms with Crippen LogP contribution in [0.1, 0.15) is 25.1 Å². The van der Waals surface area contributed by atoms with Gasteiger partial charge in [0.15, 0.2) is 35.1 Å². The number of amides is 1. The average molecular weight is 1210 g/mol. The molecule has 0 bridgehead atoms. The third-order valence-corrected chi connectivity index (χ3v) is 19.1. The zero-order valence-corrected chi connectivity index (χ0v) is 45.6. The minimum Gasteiger partial charge on any atom is -0.778 e. The van der Waals surface area contributed by atoms with E-state index in [0.717, 1.165) is 24.3 Å². The quantitative estimate of drug-likeness (QED) is 0.0241. The van der Waals surface area contributed by atoms with E-state index in [2.05, 4.69) is 53.8 Å². The van der Waals surface area contributed by atoms with Gasteiger partial charge in [0.05, 0.1) is 57.4 Å². The van der Waals surface area contributed by atoms with Gasteiger partial charge in [-0.15, -0.1) is 0 Å². The summed E-state index contributed by atoms with van der Waals surface area (Å²) in [5.41, 5.74) is 7.71. The Morgan fingerprint density at radius 2 is 1.32 bits per heavy atom. The molecule has 43 heteroatoms. The fourth-order valence-corrected chi connectivity index (χ4v) is 14.6. The largest absolute Gasteiger partial charge is 0.778 e. The number of nitrogen functional groups attached to an aromatic ring is 2. The summed E-state index contributed by atoms with van der Waals surface area (Å²) in [5.74, 6) is -2.20. The number of rotatable bonds is 21. The van der Waals surface area contributed by atoms with Crippen molar-refractivity contribution in [2.75, 3.05) is 64.9 Å². The maximum atomic E-state index is 14.4. The number of nitrogens with two attached hydrogens (primary N) is 2. The number of nitrogens with zero attached hydrogens (tertiary/aromatic N) is 11. The Balaban J connectivity index is 0.903. The Morgan fingerprint density at radius 3 is 1.96 bits per heavy atom. The third kappa shape index (κ3) is 11.6. The van der Waals surface area contributed by atoms with E-state index in [9.17, 15) is 67.5 Å². The second-order valence-electron chi connectivity index (χ2n) is 18.3. The second kappa shape index (κ2) is 22.3. The number of phosphoric acid groups is 3. The van der Waals surface area contributed by atoms with Gasteiger partial charge in [-0.1, -0.05) is 0 Å². The van der Waals surface area contributed by atoms with E-state index in [1.165, 1.54) is 59.4 Å². The van der Waals surface area contributed by atoms with Crippen LogP contribution in [0.25, 0.3) is 33.5 Å². The smallest absolute Gasteiger partial charge is 0.490 e. The first-order chi connectivity index (χ1) is 37.5. The first kappa shape index (κ1) is 59.0. The van der Waals surface area contributed by atoms with Crippen LogP contribution in [0, 0.1) is 5.92 Å². The van der Waals surface area contributed by atoms with E-state index in [1.54, 1.807) is 0 Å². The number of aryl methyl sites for hydroxylation is 1. The molecular formula is C37H52N16O23P4. The van der Waals surface area contributed by atoms with Crippen molar-refractivity contribution in [1.82, 2.24) is 58.5 Å². The minimum absolute atomic E-state index is 0.00904.